The van der Waals surface area contributed by atoms with Crippen LogP contribution in [0.4, 0.5) is 5.69 Å². The number of pyridine rings is 2. The van der Waals surface area contributed by atoms with Crippen LogP contribution in [0, 0.1) is 0 Å². The highest BCUT2D eigenvalue weighted by atomic mass is 79.9. The summed E-state index contributed by atoms with van der Waals surface area (Å²) in [4.78, 5) is 22.3. The van der Waals surface area contributed by atoms with Gasteiger partial charge in [0.2, 0.25) is 0 Å². The lowest BCUT2D eigenvalue weighted by atomic mass is 10.2. The maximum Gasteiger partial charge on any atom is 0.325 e. The molecule has 20 heavy (non-hydrogen) atoms. The molecule has 2 rings (SSSR count). The molecule has 0 aliphatic heterocycles. The molecule has 0 saturated carbocycles. The highest BCUT2D eigenvalue weighted by Crippen LogP contribution is 2.26. The molecule has 0 aliphatic carbocycles. The van der Waals surface area contributed by atoms with Gasteiger partial charge in [-0.05, 0) is 41.9 Å². The Morgan fingerprint density at radius 3 is 2.85 bits per heavy atom. The largest absolute Gasteiger partial charge is 0.468 e. The van der Waals surface area contributed by atoms with Crippen LogP contribution < -0.4 is 4.90 Å². The standard InChI is InChI=1S/C14H16BrN3O2/c1-9(2)18(8-13(19)20-3)12-4-5-16-11-6-10(15)7-17-14(11)12/h4-7,9H,8H2,1-3H3. The van der Waals surface area contributed by atoms with Gasteiger partial charge in [0.15, 0.2) is 0 Å². The third-order valence-corrected chi connectivity index (χ3v) is 3.42. The maximum atomic E-state index is 11.6. The molecule has 0 amide bonds. The number of ether oxygens (including phenoxy) is 1. The number of aromatic nitrogens is 2. The fourth-order valence-corrected chi connectivity index (χ4v) is 2.29. The zero-order chi connectivity index (χ0) is 14.7. The van der Waals surface area contributed by atoms with E-state index in [2.05, 4.69) is 25.9 Å². The molecule has 2 aromatic rings. The minimum atomic E-state index is -0.277. The Labute approximate surface area is 126 Å². The Bertz CT molecular complexity index is 631. The molecule has 0 aromatic carbocycles. The number of halogens is 1. The van der Waals surface area contributed by atoms with Crippen molar-refractivity contribution in [1.29, 1.82) is 0 Å². The summed E-state index contributed by atoms with van der Waals surface area (Å²) in [6, 6.07) is 3.92. The third kappa shape index (κ3) is 3.07. The molecule has 0 fully saturated rings. The van der Waals surface area contributed by atoms with Gasteiger partial charge < -0.3 is 9.64 Å². The van der Waals surface area contributed by atoms with E-state index in [1.807, 2.05) is 30.9 Å². The normalized spacial score (nSPS) is 10.8. The third-order valence-electron chi connectivity index (χ3n) is 2.98. The Kier molecular flexibility index (Phi) is 4.54. The lowest BCUT2D eigenvalue weighted by Crippen LogP contribution is -2.36. The van der Waals surface area contributed by atoms with Gasteiger partial charge in [0.1, 0.15) is 12.1 Å². The molecular formula is C14H16BrN3O2. The Morgan fingerprint density at radius 1 is 1.45 bits per heavy atom. The topological polar surface area (TPSA) is 55.3 Å². The van der Waals surface area contributed by atoms with Crippen molar-refractivity contribution in [3.63, 3.8) is 0 Å². The first-order valence-electron chi connectivity index (χ1n) is 6.26. The summed E-state index contributed by atoms with van der Waals surface area (Å²) >= 11 is 3.38. The summed E-state index contributed by atoms with van der Waals surface area (Å²) in [5, 5.41) is 0. The van der Waals surface area contributed by atoms with Gasteiger partial charge in [-0.25, -0.2) is 0 Å². The highest BCUT2D eigenvalue weighted by Gasteiger charge is 2.18. The molecule has 5 nitrogen and oxygen atoms in total. The van der Waals surface area contributed by atoms with Crippen LogP contribution in [-0.4, -0.2) is 35.6 Å². The summed E-state index contributed by atoms with van der Waals surface area (Å²) in [6.45, 7) is 4.23. The summed E-state index contributed by atoms with van der Waals surface area (Å²) in [5.74, 6) is -0.277. The lowest BCUT2D eigenvalue weighted by Gasteiger charge is -2.28. The smallest absolute Gasteiger partial charge is 0.325 e. The van der Waals surface area contributed by atoms with Crippen molar-refractivity contribution in [2.75, 3.05) is 18.6 Å². The van der Waals surface area contributed by atoms with Crippen LogP contribution in [0.3, 0.4) is 0 Å². The van der Waals surface area contributed by atoms with Gasteiger partial charge in [-0.3, -0.25) is 14.8 Å². The fraction of sp³-hybridized carbons (Fsp3) is 0.357. The van der Waals surface area contributed by atoms with Gasteiger partial charge in [-0.15, -0.1) is 0 Å². The summed E-state index contributed by atoms with van der Waals surface area (Å²) in [7, 11) is 1.39. The van der Waals surface area contributed by atoms with Gasteiger partial charge in [0.05, 0.1) is 18.3 Å². The van der Waals surface area contributed by atoms with E-state index >= 15 is 0 Å². The molecule has 2 aromatic heterocycles. The first-order valence-corrected chi connectivity index (χ1v) is 7.06. The van der Waals surface area contributed by atoms with Gasteiger partial charge in [0, 0.05) is 22.9 Å². The molecule has 0 bridgehead atoms. The van der Waals surface area contributed by atoms with Crippen LogP contribution in [0.25, 0.3) is 11.0 Å². The first-order chi connectivity index (χ1) is 9.52. The second-order valence-electron chi connectivity index (χ2n) is 4.65. The number of hydrogen-bond donors (Lipinski definition) is 0. The van der Waals surface area contributed by atoms with E-state index in [-0.39, 0.29) is 18.6 Å². The average molecular weight is 338 g/mol. The molecule has 0 atom stereocenters. The number of carbonyl (C=O) groups is 1. The van der Waals surface area contributed by atoms with Crippen molar-refractivity contribution in [3.05, 3.63) is 29.0 Å². The van der Waals surface area contributed by atoms with E-state index in [0.29, 0.717) is 0 Å². The lowest BCUT2D eigenvalue weighted by molar-refractivity contribution is -0.139. The van der Waals surface area contributed by atoms with E-state index in [4.69, 9.17) is 4.74 Å². The Morgan fingerprint density at radius 2 is 2.20 bits per heavy atom. The quantitative estimate of drug-likeness (QED) is 0.803. The molecule has 0 aliphatic rings. The number of rotatable bonds is 4. The molecule has 0 saturated heterocycles. The number of methoxy groups -OCH3 is 1. The molecule has 106 valence electrons. The predicted molar refractivity (Wildman–Crippen MR) is 81.7 cm³/mol. The second-order valence-corrected chi connectivity index (χ2v) is 5.56. The van der Waals surface area contributed by atoms with Crippen LogP contribution in [0.1, 0.15) is 13.8 Å². The van der Waals surface area contributed by atoms with E-state index < -0.39 is 0 Å². The van der Waals surface area contributed by atoms with E-state index in [0.717, 1.165) is 21.2 Å². The van der Waals surface area contributed by atoms with Crippen LogP contribution in [0.15, 0.2) is 29.0 Å². The van der Waals surface area contributed by atoms with Crippen molar-refractivity contribution in [2.45, 2.75) is 19.9 Å². The first kappa shape index (κ1) is 14.7. The van der Waals surface area contributed by atoms with Crippen LogP contribution in [0.5, 0.6) is 0 Å². The van der Waals surface area contributed by atoms with Crippen molar-refractivity contribution < 1.29 is 9.53 Å². The summed E-state index contributed by atoms with van der Waals surface area (Å²) in [5.41, 5.74) is 2.43. The molecular weight excluding hydrogens is 322 g/mol. The number of hydrogen-bond acceptors (Lipinski definition) is 5. The SMILES string of the molecule is COC(=O)CN(c1ccnc2cc(Br)cnc12)C(C)C. The number of anilines is 1. The molecule has 6 heteroatoms. The number of fused-ring (bicyclic) bond motifs is 1. The number of nitrogens with zero attached hydrogens (tertiary/aromatic N) is 3. The highest BCUT2D eigenvalue weighted by molar-refractivity contribution is 9.10. The zero-order valence-corrected chi connectivity index (χ0v) is 13.2. The second kappa shape index (κ2) is 6.17. The van der Waals surface area contributed by atoms with Gasteiger partial charge >= 0.3 is 5.97 Å². The van der Waals surface area contributed by atoms with E-state index in [1.54, 1.807) is 12.4 Å². The minimum absolute atomic E-state index is 0.144. The zero-order valence-electron chi connectivity index (χ0n) is 11.6. The van der Waals surface area contributed by atoms with Crippen molar-refractivity contribution >= 4 is 38.6 Å². The van der Waals surface area contributed by atoms with Crippen LogP contribution in [-0.2, 0) is 9.53 Å². The van der Waals surface area contributed by atoms with Crippen LogP contribution in [0.2, 0.25) is 0 Å². The maximum absolute atomic E-state index is 11.6. The molecule has 0 unspecified atom stereocenters. The fourth-order valence-electron chi connectivity index (χ4n) is 1.97. The predicted octanol–water partition coefficient (Wildman–Crippen LogP) is 2.78. The molecule has 0 spiro atoms. The van der Waals surface area contributed by atoms with Gasteiger partial charge in [-0.1, -0.05) is 0 Å². The van der Waals surface area contributed by atoms with Gasteiger partial charge in [0.25, 0.3) is 0 Å². The van der Waals surface area contributed by atoms with Crippen molar-refractivity contribution in [1.82, 2.24) is 9.97 Å². The Balaban J connectivity index is 2.50. The number of esters is 1. The van der Waals surface area contributed by atoms with E-state index in [1.165, 1.54) is 7.11 Å². The molecule has 0 radical (unpaired) electrons. The average Bonchev–Trinajstić information content (AvgIpc) is 2.43. The van der Waals surface area contributed by atoms with Crippen molar-refractivity contribution in [3.8, 4) is 0 Å². The summed E-state index contributed by atoms with van der Waals surface area (Å²) < 4.78 is 5.63. The van der Waals surface area contributed by atoms with Crippen molar-refractivity contribution in [2.24, 2.45) is 0 Å². The van der Waals surface area contributed by atoms with E-state index in [9.17, 15) is 4.79 Å². The Hall–Kier alpha value is -1.69. The monoisotopic (exact) mass is 337 g/mol. The molecule has 0 N–H and O–H groups in total. The van der Waals surface area contributed by atoms with Gasteiger partial charge in [-0.2, -0.15) is 0 Å². The number of carbonyl (C=O) groups excluding carboxylic acids is 1. The molecule has 2 heterocycles. The minimum Gasteiger partial charge on any atom is -0.468 e. The van der Waals surface area contributed by atoms with Crippen LogP contribution >= 0.6 is 15.9 Å². The summed E-state index contributed by atoms with van der Waals surface area (Å²) in [6.07, 6.45) is 3.45.